The fourth-order valence-electron chi connectivity index (χ4n) is 1.03. The molecule has 15 heavy (non-hydrogen) atoms. The van der Waals surface area contributed by atoms with E-state index in [0.717, 1.165) is 0 Å². The first-order valence-electron chi connectivity index (χ1n) is 3.82. The van der Waals surface area contributed by atoms with Crippen molar-refractivity contribution in [2.75, 3.05) is 0 Å². The first kappa shape index (κ1) is 15.7. The molecule has 0 saturated carbocycles. The molecule has 74 valence electrons. The van der Waals surface area contributed by atoms with Crippen LogP contribution in [0.15, 0.2) is 22.7 Å². The van der Waals surface area contributed by atoms with Crippen LogP contribution in [-0.4, -0.2) is 6.98 Å². The molecular formula is C8H5BBrF3KN. The zero-order valence-electron chi connectivity index (χ0n) is 7.98. The predicted molar refractivity (Wildman–Crippen MR) is 51.6 cm³/mol. The Morgan fingerprint density at radius 1 is 1.33 bits per heavy atom. The van der Waals surface area contributed by atoms with Gasteiger partial charge in [0.1, 0.15) is 0 Å². The van der Waals surface area contributed by atoms with Crippen molar-refractivity contribution in [1.29, 1.82) is 5.26 Å². The van der Waals surface area contributed by atoms with Crippen LogP contribution in [0.1, 0.15) is 11.1 Å². The average Bonchev–Trinajstić information content (AvgIpc) is 2.06. The standard InChI is InChI=1S/C8H5BBrF3N.K/c10-8-3-6(5-14)1-2-7(8)4-9(11,12)13;/h1-3H,4H2;/q-1;+1. The molecule has 0 saturated heterocycles. The molecule has 0 atom stereocenters. The summed E-state index contributed by atoms with van der Waals surface area (Å²) in [5.41, 5.74) is 0.506. The summed E-state index contributed by atoms with van der Waals surface area (Å²) < 4.78 is 36.6. The van der Waals surface area contributed by atoms with Gasteiger partial charge in [-0.25, -0.2) is 0 Å². The van der Waals surface area contributed by atoms with Crippen LogP contribution in [0, 0.1) is 11.3 Å². The fourth-order valence-corrected chi connectivity index (χ4v) is 1.57. The number of halogens is 4. The Hall–Kier alpha value is 0.681. The average molecular weight is 302 g/mol. The van der Waals surface area contributed by atoms with Crippen molar-refractivity contribution in [3.8, 4) is 6.07 Å². The van der Waals surface area contributed by atoms with E-state index in [1.54, 1.807) is 0 Å². The van der Waals surface area contributed by atoms with Gasteiger partial charge in [-0.05, 0) is 12.1 Å². The zero-order valence-corrected chi connectivity index (χ0v) is 12.7. The van der Waals surface area contributed by atoms with Crippen molar-refractivity contribution >= 4 is 22.9 Å². The summed E-state index contributed by atoms with van der Waals surface area (Å²) in [6.07, 6.45) is -0.924. The Bertz CT molecular complexity index is 388. The number of hydrogen-bond donors (Lipinski definition) is 0. The van der Waals surface area contributed by atoms with Crippen molar-refractivity contribution in [2.45, 2.75) is 6.32 Å². The van der Waals surface area contributed by atoms with Gasteiger partial charge in [0.05, 0.1) is 11.6 Å². The summed E-state index contributed by atoms with van der Waals surface area (Å²) in [4.78, 5) is 0. The molecule has 0 heterocycles. The van der Waals surface area contributed by atoms with Crippen LogP contribution in [-0.2, 0) is 6.32 Å². The van der Waals surface area contributed by atoms with Crippen LogP contribution in [0.5, 0.6) is 0 Å². The second kappa shape index (κ2) is 6.42. The molecule has 0 aliphatic rings. The summed E-state index contributed by atoms with van der Waals surface area (Å²) in [6, 6.07) is 5.93. The molecule has 0 radical (unpaired) electrons. The van der Waals surface area contributed by atoms with Gasteiger partial charge in [-0.2, -0.15) is 5.26 Å². The molecule has 0 unspecified atom stereocenters. The van der Waals surface area contributed by atoms with Gasteiger partial charge < -0.3 is 12.9 Å². The summed E-state index contributed by atoms with van der Waals surface area (Å²) >= 11 is 3.00. The number of nitrogens with zero attached hydrogens (tertiary/aromatic N) is 1. The second-order valence-corrected chi connectivity index (χ2v) is 3.69. The predicted octanol–water partition coefficient (Wildman–Crippen LogP) is 0.254. The van der Waals surface area contributed by atoms with Crippen LogP contribution in [0.2, 0.25) is 0 Å². The van der Waals surface area contributed by atoms with E-state index in [9.17, 15) is 12.9 Å². The fraction of sp³-hybridized carbons (Fsp3) is 0.125. The SMILES string of the molecule is N#Cc1ccc(C[B-](F)(F)F)c(Br)c1.[K+]. The molecule has 0 bridgehead atoms. The van der Waals surface area contributed by atoms with Crippen molar-refractivity contribution in [2.24, 2.45) is 0 Å². The normalized spacial score (nSPS) is 10.3. The van der Waals surface area contributed by atoms with Gasteiger partial charge >= 0.3 is 58.4 Å². The first-order chi connectivity index (χ1) is 6.42. The Morgan fingerprint density at radius 2 is 1.93 bits per heavy atom. The summed E-state index contributed by atoms with van der Waals surface area (Å²) in [6.45, 7) is -4.83. The maximum atomic E-state index is 12.1. The zero-order chi connectivity index (χ0) is 10.8. The van der Waals surface area contributed by atoms with Gasteiger partial charge in [-0.15, -0.1) is 0 Å². The minimum atomic E-state index is -4.83. The molecule has 0 amide bonds. The van der Waals surface area contributed by atoms with Gasteiger partial charge in [-0.1, -0.05) is 33.9 Å². The van der Waals surface area contributed by atoms with Crippen LogP contribution in [0.25, 0.3) is 0 Å². The number of hydrogen-bond acceptors (Lipinski definition) is 1. The van der Waals surface area contributed by atoms with E-state index in [1.165, 1.54) is 18.2 Å². The quantitative estimate of drug-likeness (QED) is 0.719. The molecule has 1 aromatic carbocycles. The third-order valence-electron chi connectivity index (χ3n) is 1.63. The molecule has 1 rings (SSSR count). The molecule has 0 spiro atoms. The van der Waals surface area contributed by atoms with Gasteiger partial charge in [0.25, 0.3) is 0 Å². The molecule has 0 aliphatic heterocycles. The molecule has 0 N–H and O–H groups in total. The van der Waals surface area contributed by atoms with E-state index in [2.05, 4.69) is 15.9 Å². The monoisotopic (exact) mass is 301 g/mol. The number of benzene rings is 1. The number of rotatable bonds is 2. The van der Waals surface area contributed by atoms with E-state index >= 15 is 0 Å². The van der Waals surface area contributed by atoms with Gasteiger partial charge in [0, 0.05) is 4.47 Å². The maximum absolute atomic E-state index is 12.1. The molecule has 0 fully saturated rings. The van der Waals surface area contributed by atoms with Crippen LogP contribution >= 0.6 is 15.9 Å². The van der Waals surface area contributed by atoms with Crippen LogP contribution in [0.3, 0.4) is 0 Å². The van der Waals surface area contributed by atoms with E-state index < -0.39 is 13.3 Å². The second-order valence-electron chi connectivity index (χ2n) is 2.83. The Labute approximate surface area is 137 Å². The van der Waals surface area contributed by atoms with Gasteiger partial charge in [0.15, 0.2) is 0 Å². The third kappa shape index (κ3) is 5.52. The van der Waals surface area contributed by atoms with Crippen LogP contribution in [0.4, 0.5) is 12.9 Å². The van der Waals surface area contributed by atoms with Crippen molar-refractivity contribution in [3.63, 3.8) is 0 Å². The van der Waals surface area contributed by atoms with Crippen molar-refractivity contribution in [1.82, 2.24) is 0 Å². The topological polar surface area (TPSA) is 23.8 Å². The first-order valence-corrected chi connectivity index (χ1v) is 4.61. The van der Waals surface area contributed by atoms with Crippen molar-refractivity contribution < 1.29 is 64.3 Å². The minimum Gasteiger partial charge on any atom is -0.449 e. The maximum Gasteiger partial charge on any atom is 1.00 e. The Balaban J connectivity index is 0.00000196. The van der Waals surface area contributed by atoms with Crippen molar-refractivity contribution in [3.05, 3.63) is 33.8 Å². The summed E-state index contributed by atoms with van der Waals surface area (Å²) in [7, 11) is 0. The van der Waals surface area contributed by atoms with E-state index in [4.69, 9.17) is 5.26 Å². The van der Waals surface area contributed by atoms with Gasteiger partial charge in [0.2, 0.25) is 0 Å². The Morgan fingerprint density at radius 3 is 2.33 bits per heavy atom. The summed E-state index contributed by atoms with van der Waals surface area (Å²) in [5, 5.41) is 8.50. The molecular weight excluding hydrogens is 297 g/mol. The molecule has 7 heteroatoms. The van der Waals surface area contributed by atoms with E-state index in [1.807, 2.05) is 6.07 Å². The molecule has 1 aromatic rings. The molecule has 0 aliphatic carbocycles. The molecule has 1 nitrogen and oxygen atoms in total. The largest absolute Gasteiger partial charge is 1.00 e. The Kier molecular flexibility index (Phi) is 6.72. The van der Waals surface area contributed by atoms with Crippen LogP contribution < -0.4 is 51.4 Å². The summed E-state index contributed by atoms with van der Waals surface area (Å²) in [5.74, 6) is 0. The smallest absolute Gasteiger partial charge is 0.449 e. The third-order valence-corrected chi connectivity index (χ3v) is 2.37. The van der Waals surface area contributed by atoms with E-state index in [-0.39, 0.29) is 56.9 Å². The van der Waals surface area contributed by atoms with E-state index in [0.29, 0.717) is 10.0 Å². The minimum absolute atomic E-state index is 0. The number of nitriles is 1. The molecule has 0 aromatic heterocycles. The van der Waals surface area contributed by atoms with Gasteiger partial charge in [-0.3, -0.25) is 0 Å².